The molecule has 2 aromatic carbocycles. The van der Waals surface area contributed by atoms with Crippen molar-refractivity contribution in [2.75, 3.05) is 6.54 Å². The van der Waals surface area contributed by atoms with Gasteiger partial charge in [0.05, 0.1) is 5.60 Å². The van der Waals surface area contributed by atoms with Gasteiger partial charge in [0.1, 0.15) is 0 Å². The van der Waals surface area contributed by atoms with Crippen LogP contribution in [0, 0.1) is 0 Å². The second-order valence-electron chi connectivity index (χ2n) is 4.52. The third-order valence-corrected chi connectivity index (χ3v) is 2.89. The van der Waals surface area contributed by atoms with Crippen LogP contribution in [-0.2, 0) is 6.42 Å². The van der Waals surface area contributed by atoms with E-state index in [4.69, 9.17) is 5.73 Å². The fraction of sp³-hybridized carbons (Fsp3) is 0.286. The summed E-state index contributed by atoms with van der Waals surface area (Å²) < 4.78 is 0. The summed E-state index contributed by atoms with van der Waals surface area (Å²) in [7, 11) is 0. The van der Waals surface area contributed by atoms with Gasteiger partial charge in [0.2, 0.25) is 0 Å². The van der Waals surface area contributed by atoms with Gasteiger partial charge in [-0.15, -0.1) is 0 Å². The Morgan fingerprint density at radius 3 is 2.56 bits per heavy atom. The van der Waals surface area contributed by atoms with Crippen LogP contribution in [0.4, 0.5) is 0 Å². The van der Waals surface area contributed by atoms with E-state index in [2.05, 4.69) is 18.2 Å². The fourth-order valence-corrected chi connectivity index (χ4v) is 1.93. The predicted octanol–water partition coefficient (Wildman–Crippen LogP) is 2.09. The Morgan fingerprint density at radius 2 is 1.81 bits per heavy atom. The van der Waals surface area contributed by atoms with E-state index in [1.54, 1.807) is 6.92 Å². The smallest absolute Gasteiger partial charge is 0.0781 e. The van der Waals surface area contributed by atoms with Crippen LogP contribution in [-0.4, -0.2) is 17.3 Å². The summed E-state index contributed by atoms with van der Waals surface area (Å²) in [5.74, 6) is 0. The van der Waals surface area contributed by atoms with Gasteiger partial charge in [-0.2, -0.15) is 0 Å². The molecule has 3 N–H and O–H groups in total. The van der Waals surface area contributed by atoms with Gasteiger partial charge in [-0.1, -0.05) is 42.5 Å². The zero-order valence-corrected chi connectivity index (χ0v) is 9.48. The van der Waals surface area contributed by atoms with Gasteiger partial charge in [0.25, 0.3) is 0 Å². The summed E-state index contributed by atoms with van der Waals surface area (Å²) in [4.78, 5) is 0. The monoisotopic (exact) mass is 215 g/mol. The van der Waals surface area contributed by atoms with Crippen molar-refractivity contribution in [3.8, 4) is 0 Å². The SMILES string of the molecule is CC(O)(CN)Cc1cccc2ccccc12. The van der Waals surface area contributed by atoms with E-state index in [-0.39, 0.29) is 6.54 Å². The van der Waals surface area contributed by atoms with Gasteiger partial charge < -0.3 is 10.8 Å². The first-order valence-electron chi connectivity index (χ1n) is 5.51. The summed E-state index contributed by atoms with van der Waals surface area (Å²) >= 11 is 0. The van der Waals surface area contributed by atoms with Crippen LogP contribution in [0.2, 0.25) is 0 Å². The van der Waals surface area contributed by atoms with E-state index in [1.165, 1.54) is 10.8 Å². The van der Waals surface area contributed by atoms with Crippen molar-refractivity contribution < 1.29 is 5.11 Å². The number of benzene rings is 2. The Bertz CT molecular complexity index is 486. The molecule has 0 aliphatic heterocycles. The zero-order chi connectivity index (χ0) is 11.6. The molecule has 1 unspecified atom stereocenters. The molecule has 0 aliphatic rings. The van der Waals surface area contributed by atoms with E-state index in [9.17, 15) is 5.11 Å². The van der Waals surface area contributed by atoms with Gasteiger partial charge in [-0.25, -0.2) is 0 Å². The molecule has 0 aromatic heterocycles. The highest BCUT2D eigenvalue weighted by Gasteiger charge is 2.19. The molecule has 2 aromatic rings. The topological polar surface area (TPSA) is 46.2 Å². The Hall–Kier alpha value is -1.38. The molecule has 0 bridgehead atoms. The van der Waals surface area contributed by atoms with E-state index < -0.39 is 5.60 Å². The Kier molecular flexibility index (Phi) is 2.95. The van der Waals surface area contributed by atoms with Crippen molar-refractivity contribution >= 4 is 10.8 Å². The van der Waals surface area contributed by atoms with E-state index >= 15 is 0 Å². The standard InChI is InChI=1S/C14H17NO/c1-14(16,10-15)9-12-7-4-6-11-5-2-3-8-13(11)12/h2-8,16H,9-10,15H2,1H3. The number of nitrogens with two attached hydrogens (primary N) is 1. The van der Waals surface area contributed by atoms with Gasteiger partial charge in [-0.05, 0) is 23.3 Å². The number of hydrogen-bond acceptors (Lipinski definition) is 2. The molecule has 16 heavy (non-hydrogen) atoms. The molecule has 0 saturated heterocycles. The predicted molar refractivity (Wildman–Crippen MR) is 67.3 cm³/mol. The lowest BCUT2D eigenvalue weighted by Gasteiger charge is -2.21. The molecule has 2 nitrogen and oxygen atoms in total. The minimum atomic E-state index is -0.829. The van der Waals surface area contributed by atoms with Gasteiger partial charge >= 0.3 is 0 Å². The zero-order valence-electron chi connectivity index (χ0n) is 9.48. The second-order valence-corrected chi connectivity index (χ2v) is 4.52. The summed E-state index contributed by atoms with van der Waals surface area (Å²) in [6.45, 7) is 2.05. The molecular formula is C14H17NO. The molecule has 2 heteroatoms. The molecule has 0 radical (unpaired) electrons. The van der Waals surface area contributed by atoms with Crippen LogP contribution < -0.4 is 5.73 Å². The van der Waals surface area contributed by atoms with Crippen molar-refractivity contribution in [2.24, 2.45) is 5.73 Å². The maximum atomic E-state index is 10.0. The maximum absolute atomic E-state index is 10.0. The first-order chi connectivity index (χ1) is 7.62. The third kappa shape index (κ3) is 2.23. The number of fused-ring (bicyclic) bond motifs is 1. The number of hydrogen-bond donors (Lipinski definition) is 2. The fourth-order valence-electron chi connectivity index (χ4n) is 1.93. The molecule has 1 atom stereocenters. The molecule has 0 saturated carbocycles. The summed E-state index contributed by atoms with van der Waals surface area (Å²) in [5.41, 5.74) is 5.87. The summed E-state index contributed by atoms with van der Waals surface area (Å²) in [5, 5.41) is 12.4. The molecule has 0 spiro atoms. The van der Waals surface area contributed by atoms with Crippen molar-refractivity contribution in [3.05, 3.63) is 48.0 Å². The van der Waals surface area contributed by atoms with Crippen molar-refractivity contribution in [1.82, 2.24) is 0 Å². The maximum Gasteiger partial charge on any atom is 0.0781 e. The first kappa shape index (κ1) is 11.1. The Balaban J connectivity index is 2.45. The normalized spacial score (nSPS) is 14.9. The van der Waals surface area contributed by atoms with Crippen LogP contribution in [0.3, 0.4) is 0 Å². The van der Waals surface area contributed by atoms with Crippen molar-refractivity contribution in [3.63, 3.8) is 0 Å². The minimum Gasteiger partial charge on any atom is -0.389 e. The quantitative estimate of drug-likeness (QED) is 0.823. The lowest BCUT2D eigenvalue weighted by Crippen LogP contribution is -2.36. The van der Waals surface area contributed by atoms with Crippen LogP contribution in [0.25, 0.3) is 10.8 Å². The third-order valence-electron chi connectivity index (χ3n) is 2.89. The highest BCUT2D eigenvalue weighted by molar-refractivity contribution is 5.85. The average Bonchev–Trinajstić information content (AvgIpc) is 2.29. The summed E-state index contributed by atoms with van der Waals surface area (Å²) in [6, 6.07) is 14.3. The van der Waals surface area contributed by atoms with E-state index in [0.29, 0.717) is 6.42 Å². The molecular weight excluding hydrogens is 198 g/mol. The molecule has 0 heterocycles. The van der Waals surface area contributed by atoms with Crippen LogP contribution in [0.1, 0.15) is 12.5 Å². The largest absolute Gasteiger partial charge is 0.389 e. The first-order valence-corrected chi connectivity index (χ1v) is 5.51. The lowest BCUT2D eigenvalue weighted by molar-refractivity contribution is 0.0700. The molecule has 84 valence electrons. The van der Waals surface area contributed by atoms with Gasteiger partial charge in [0, 0.05) is 13.0 Å². The van der Waals surface area contributed by atoms with Crippen molar-refractivity contribution in [1.29, 1.82) is 0 Å². The Morgan fingerprint density at radius 1 is 1.12 bits per heavy atom. The van der Waals surface area contributed by atoms with Crippen molar-refractivity contribution in [2.45, 2.75) is 18.9 Å². The van der Waals surface area contributed by atoms with Crippen LogP contribution in [0.5, 0.6) is 0 Å². The molecule has 2 rings (SSSR count). The Labute approximate surface area is 95.7 Å². The van der Waals surface area contributed by atoms with E-state index in [0.717, 1.165) is 5.56 Å². The minimum absolute atomic E-state index is 0.274. The molecule has 0 aliphatic carbocycles. The molecule has 0 amide bonds. The van der Waals surface area contributed by atoms with Gasteiger partial charge in [0.15, 0.2) is 0 Å². The number of rotatable bonds is 3. The highest BCUT2D eigenvalue weighted by Crippen LogP contribution is 2.22. The number of aliphatic hydroxyl groups is 1. The van der Waals surface area contributed by atoms with Crippen LogP contribution >= 0.6 is 0 Å². The lowest BCUT2D eigenvalue weighted by atomic mass is 9.93. The second kappa shape index (κ2) is 4.24. The average molecular weight is 215 g/mol. The van der Waals surface area contributed by atoms with Gasteiger partial charge in [-0.3, -0.25) is 0 Å². The van der Waals surface area contributed by atoms with E-state index in [1.807, 2.05) is 24.3 Å². The van der Waals surface area contributed by atoms with Crippen LogP contribution in [0.15, 0.2) is 42.5 Å². The molecule has 0 fully saturated rings. The summed E-state index contributed by atoms with van der Waals surface area (Å²) in [6.07, 6.45) is 0.588. The highest BCUT2D eigenvalue weighted by atomic mass is 16.3.